The highest BCUT2D eigenvalue weighted by molar-refractivity contribution is 5.77. The van der Waals surface area contributed by atoms with Crippen molar-refractivity contribution < 1.29 is 4.74 Å². The van der Waals surface area contributed by atoms with Crippen LogP contribution in [0, 0.1) is 6.92 Å². The van der Waals surface area contributed by atoms with E-state index in [1.54, 1.807) is 16.3 Å². The Morgan fingerprint density at radius 1 is 1.24 bits per heavy atom. The third kappa shape index (κ3) is 3.85. The summed E-state index contributed by atoms with van der Waals surface area (Å²) in [6.45, 7) is 10.1. The van der Waals surface area contributed by atoms with Gasteiger partial charge in [-0.25, -0.2) is 4.98 Å². The van der Waals surface area contributed by atoms with Crippen LogP contribution in [-0.2, 0) is 18.3 Å². The molecule has 0 radical (unpaired) electrons. The first-order valence-corrected chi connectivity index (χ1v) is 9.10. The van der Waals surface area contributed by atoms with Gasteiger partial charge < -0.3 is 10.1 Å². The van der Waals surface area contributed by atoms with Crippen molar-refractivity contribution in [1.29, 1.82) is 0 Å². The van der Waals surface area contributed by atoms with Crippen LogP contribution >= 0.6 is 0 Å². The maximum absolute atomic E-state index is 12.9. The molecule has 0 unspecified atom stereocenters. The number of morpholine rings is 1. The molecule has 25 heavy (non-hydrogen) atoms. The highest BCUT2D eigenvalue weighted by Gasteiger charge is 2.16. The van der Waals surface area contributed by atoms with E-state index in [1.165, 1.54) is 0 Å². The second-order valence-electron chi connectivity index (χ2n) is 6.53. The van der Waals surface area contributed by atoms with E-state index < -0.39 is 0 Å². The summed E-state index contributed by atoms with van der Waals surface area (Å²) in [5, 5.41) is 7.71. The molecule has 8 nitrogen and oxygen atoms in total. The van der Waals surface area contributed by atoms with Crippen LogP contribution in [0.15, 0.2) is 4.79 Å². The van der Waals surface area contributed by atoms with E-state index in [2.05, 4.69) is 22.2 Å². The number of nitrogens with zero attached hydrogens (tertiary/aromatic N) is 5. The summed E-state index contributed by atoms with van der Waals surface area (Å²) in [5.74, 6) is 0.650. The van der Waals surface area contributed by atoms with Gasteiger partial charge >= 0.3 is 0 Å². The van der Waals surface area contributed by atoms with Crippen molar-refractivity contribution >= 4 is 17.0 Å². The van der Waals surface area contributed by atoms with Gasteiger partial charge in [0.1, 0.15) is 5.52 Å². The average molecular weight is 348 g/mol. The number of ether oxygens (including phenoxy) is 1. The van der Waals surface area contributed by atoms with Crippen molar-refractivity contribution in [3.05, 3.63) is 16.0 Å². The molecule has 8 heteroatoms. The number of fused-ring (bicyclic) bond motifs is 1. The van der Waals surface area contributed by atoms with E-state index in [0.717, 1.165) is 57.9 Å². The minimum Gasteiger partial charge on any atom is -0.379 e. The van der Waals surface area contributed by atoms with Gasteiger partial charge in [0, 0.05) is 33.2 Å². The van der Waals surface area contributed by atoms with E-state index >= 15 is 0 Å². The molecule has 0 saturated carbocycles. The van der Waals surface area contributed by atoms with Gasteiger partial charge in [-0.15, -0.1) is 0 Å². The predicted octanol–water partition coefficient (Wildman–Crippen LogP) is 0.983. The van der Waals surface area contributed by atoms with Crippen LogP contribution in [0.1, 0.15) is 25.5 Å². The first kappa shape index (κ1) is 17.9. The second-order valence-corrected chi connectivity index (χ2v) is 6.53. The quantitative estimate of drug-likeness (QED) is 0.752. The highest BCUT2D eigenvalue weighted by atomic mass is 16.5. The number of hydrogen-bond acceptors (Lipinski definition) is 6. The fraction of sp³-hybridized carbons (Fsp3) is 0.706. The molecule has 0 atom stereocenters. The van der Waals surface area contributed by atoms with Gasteiger partial charge in [-0.3, -0.25) is 18.9 Å². The Labute approximate surface area is 147 Å². The van der Waals surface area contributed by atoms with Gasteiger partial charge in [0.2, 0.25) is 5.95 Å². The van der Waals surface area contributed by atoms with Crippen LogP contribution in [0.5, 0.6) is 0 Å². The Hall–Kier alpha value is -1.93. The summed E-state index contributed by atoms with van der Waals surface area (Å²) in [5.41, 5.74) is 2.03. The van der Waals surface area contributed by atoms with Crippen molar-refractivity contribution in [3.63, 3.8) is 0 Å². The molecule has 138 valence electrons. The molecule has 0 spiro atoms. The van der Waals surface area contributed by atoms with Gasteiger partial charge in [-0.2, -0.15) is 5.10 Å². The molecule has 0 amide bonds. The maximum atomic E-state index is 12.9. The van der Waals surface area contributed by atoms with E-state index in [1.807, 2.05) is 6.92 Å². The van der Waals surface area contributed by atoms with Crippen molar-refractivity contribution in [1.82, 2.24) is 24.2 Å². The molecule has 0 bridgehead atoms. The standard InChI is InChI=1S/C17H28N6O2/c1-4-7-23-16(24)15-14(13(2)20-21(15)3)19-17(23)18-6-5-8-22-9-11-25-12-10-22/h4-12H2,1-3H3,(H,18,19). The summed E-state index contributed by atoms with van der Waals surface area (Å²) < 4.78 is 8.74. The molecule has 1 N–H and O–H groups in total. The predicted molar refractivity (Wildman–Crippen MR) is 98.2 cm³/mol. The molecule has 0 aliphatic carbocycles. The lowest BCUT2D eigenvalue weighted by Crippen LogP contribution is -2.37. The highest BCUT2D eigenvalue weighted by Crippen LogP contribution is 2.15. The van der Waals surface area contributed by atoms with Gasteiger partial charge in [0.15, 0.2) is 5.52 Å². The number of anilines is 1. The van der Waals surface area contributed by atoms with Gasteiger partial charge in [0.25, 0.3) is 5.56 Å². The number of aromatic nitrogens is 4. The van der Waals surface area contributed by atoms with Crippen LogP contribution in [0.2, 0.25) is 0 Å². The Morgan fingerprint density at radius 3 is 2.72 bits per heavy atom. The van der Waals surface area contributed by atoms with Gasteiger partial charge in [-0.1, -0.05) is 6.92 Å². The largest absolute Gasteiger partial charge is 0.379 e. The lowest BCUT2D eigenvalue weighted by atomic mass is 10.3. The van der Waals surface area contributed by atoms with Crippen molar-refractivity contribution in [2.75, 3.05) is 44.7 Å². The molecule has 1 saturated heterocycles. The third-order valence-corrected chi connectivity index (χ3v) is 4.60. The van der Waals surface area contributed by atoms with Crippen molar-refractivity contribution in [2.45, 2.75) is 33.2 Å². The van der Waals surface area contributed by atoms with Crippen LogP contribution in [0.4, 0.5) is 5.95 Å². The molecule has 1 fully saturated rings. The normalized spacial score (nSPS) is 15.8. The zero-order valence-corrected chi connectivity index (χ0v) is 15.4. The Balaban J connectivity index is 1.74. The molecule has 2 aromatic rings. The summed E-state index contributed by atoms with van der Waals surface area (Å²) in [6.07, 6.45) is 1.89. The van der Waals surface area contributed by atoms with E-state index in [-0.39, 0.29) is 5.56 Å². The first-order valence-electron chi connectivity index (χ1n) is 9.10. The summed E-state index contributed by atoms with van der Waals surface area (Å²) in [6, 6.07) is 0. The number of hydrogen-bond donors (Lipinski definition) is 1. The van der Waals surface area contributed by atoms with Gasteiger partial charge in [0.05, 0.1) is 18.9 Å². The van der Waals surface area contributed by atoms with Crippen molar-refractivity contribution in [2.24, 2.45) is 7.05 Å². The summed E-state index contributed by atoms with van der Waals surface area (Å²) >= 11 is 0. The third-order valence-electron chi connectivity index (χ3n) is 4.60. The molecular formula is C17H28N6O2. The summed E-state index contributed by atoms with van der Waals surface area (Å²) in [4.78, 5) is 20.0. The molecular weight excluding hydrogens is 320 g/mol. The van der Waals surface area contributed by atoms with E-state index in [4.69, 9.17) is 9.72 Å². The minimum absolute atomic E-state index is 0.0226. The average Bonchev–Trinajstić information content (AvgIpc) is 2.89. The molecule has 2 aromatic heterocycles. The summed E-state index contributed by atoms with van der Waals surface area (Å²) in [7, 11) is 1.80. The van der Waals surface area contributed by atoms with Crippen LogP contribution < -0.4 is 10.9 Å². The number of nitrogens with one attached hydrogen (secondary N) is 1. The maximum Gasteiger partial charge on any atom is 0.281 e. The first-order chi connectivity index (χ1) is 12.1. The molecule has 3 rings (SSSR count). The molecule has 0 aromatic carbocycles. The zero-order valence-electron chi connectivity index (χ0n) is 15.4. The Kier molecular flexibility index (Phi) is 5.70. The molecule has 1 aliphatic heterocycles. The Bertz CT molecular complexity index is 776. The monoisotopic (exact) mass is 348 g/mol. The van der Waals surface area contributed by atoms with Gasteiger partial charge in [-0.05, 0) is 26.3 Å². The second kappa shape index (κ2) is 7.97. The van der Waals surface area contributed by atoms with Crippen molar-refractivity contribution in [3.8, 4) is 0 Å². The Morgan fingerprint density at radius 2 is 2.00 bits per heavy atom. The smallest absolute Gasteiger partial charge is 0.281 e. The zero-order chi connectivity index (χ0) is 17.8. The van der Waals surface area contributed by atoms with Crippen LogP contribution in [0.3, 0.4) is 0 Å². The lowest BCUT2D eigenvalue weighted by Gasteiger charge is -2.26. The van der Waals surface area contributed by atoms with E-state index in [0.29, 0.717) is 23.5 Å². The topological polar surface area (TPSA) is 77.2 Å². The SMILES string of the molecule is CCCn1c(NCCCN2CCOCC2)nc2c(C)nn(C)c2c1=O. The fourth-order valence-corrected chi connectivity index (χ4v) is 3.30. The van der Waals surface area contributed by atoms with Crippen LogP contribution in [0.25, 0.3) is 11.0 Å². The molecule has 1 aliphatic rings. The van der Waals surface area contributed by atoms with Crippen LogP contribution in [-0.4, -0.2) is 63.6 Å². The van der Waals surface area contributed by atoms with E-state index in [9.17, 15) is 4.79 Å². The lowest BCUT2D eigenvalue weighted by molar-refractivity contribution is 0.0378. The number of rotatable bonds is 7. The minimum atomic E-state index is -0.0226. The molecule has 3 heterocycles. The number of aryl methyl sites for hydroxylation is 2. The fourth-order valence-electron chi connectivity index (χ4n) is 3.30.